The lowest BCUT2D eigenvalue weighted by Gasteiger charge is -2.17. The van der Waals surface area contributed by atoms with Crippen LogP contribution in [0.15, 0.2) is 0 Å². The third-order valence-electron chi connectivity index (χ3n) is 1.99. The van der Waals surface area contributed by atoms with E-state index < -0.39 is 0 Å². The molecule has 0 saturated heterocycles. The van der Waals surface area contributed by atoms with E-state index in [1.165, 1.54) is 0 Å². The van der Waals surface area contributed by atoms with Gasteiger partial charge in [-0.3, -0.25) is 4.79 Å². The molecule has 0 amide bonds. The van der Waals surface area contributed by atoms with Crippen LogP contribution in [-0.2, 0) is 14.3 Å². The lowest BCUT2D eigenvalue weighted by atomic mass is 10.0. The molecule has 2 atom stereocenters. The van der Waals surface area contributed by atoms with Gasteiger partial charge in [0.25, 0.3) is 0 Å². The average molecular weight is 203 g/mol. The molecule has 0 aliphatic heterocycles. The van der Waals surface area contributed by atoms with E-state index in [0.29, 0.717) is 12.5 Å². The van der Waals surface area contributed by atoms with E-state index in [9.17, 15) is 4.79 Å². The topological polar surface area (TPSA) is 61.5 Å². The second-order valence-corrected chi connectivity index (χ2v) is 3.87. The van der Waals surface area contributed by atoms with Crippen molar-refractivity contribution < 1.29 is 14.3 Å². The average Bonchev–Trinajstić information content (AvgIpc) is 2.03. The summed E-state index contributed by atoms with van der Waals surface area (Å²) >= 11 is 0. The zero-order valence-electron chi connectivity index (χ0n) is 9.45. The number of esters is 1. The highest BCUT2D eigenvalue weighted by Crippen LogP contribution is 2.05. The Morgan fingerprint density at radius 3 is 2.36 bits per heavy atom. The van der Waals surface area contributed by atoms with Gasteiger partial charge in [0.15, 0.2) is 0 Å². The fraction of sp³-hybridized carbons (Fsp3) is 0.900. The summed E-state index contributed by atoms with van der Waals surface area (Å²) in [5, 5.41) is 0. The summed E-state index contributed by atoms with van der Waals surface area (Å²) in [6, 6.07) is -0.128. The number of hydrogen-bond acceptors (Lipinski definition) is 4. The van der Waals surface area contributed by atoms with E-state index in [1.807, 2.05) is 13.8 Å². The van der Waals surface area contributed by atoms with Gasteiger partial charge in [0, 0.05) is 13.2 Å². The van der Waals surface area contributed by atoms with Crippen molar-refractivity contribution in [1.29, 1.82) is 0 Å². The van der Waals surface area contributed by atoms with E-state index in [-0.39, 0.29) is 24.5 Å². The Labute approximate surface area is 85.8 Å². The molecular weight excluding hydrogens is 182 g/mol. The van der Waals surface area contributed by atoms with Crippen molar-refractivity contribution in [3.8, 4) is 0 Å². The van der Waals surface area contributed by atoms with E-state index in [1.54, 1.807) is 14.0 Å². The van der Waals surface area contributed by atoms with Crippen LogP contribution in [0, 0.1) is 5.92 Å². The van der Waals surface area contributed by atoms with Crippen LogP contribution in [-0.4, -0.2) is 31.8 Å². The molecule has 0 radical (unpaired) electrons. The van der Waals surface area contributed by atoms with Crippen LogP contribution in [0.25, 0.3) is 0 Å². The monoisotopic (exact) mass is 203 g/mol. The second-order valence-electron chi connectivity index (χ2n) is 3.87. The summed E-state index contributed by atoms with van der Waals surface area (Å²) in [4.78, 5) is 11.3. The largest absolute Gasteiger partial charge is 0.460 e. The van der Waals surface area contributed by atoms with Crippen molar-refractivity contribution in [1.82, 2.24) is 0 Å². The van der Waals surface area contributed by atoms with Gasteiger partial charge in [-0.15, -0.1) is 0 Å². The van der Waals surface area contributed by atoms with Crippen LogP contribution in [0.2, 0.25) is 0 Å². The zero-order valence-corrected chi connectivity index (χ0v) is 9.45. The first-order valence-electron chi connectivity index (χ1n) is 4.91. The summed E-state index contributed by atoms with van der Waals surface area (Å²) in [5.74, 6) is 0.0380. The van der Waals surface area contributed by atoms with Crippen molar-refractivity contribution in [2.45, 2.75) is 39.3 Å². The number of carbonyl (C=O) groups excluding carboxylic acids is 1. The minimum Gasteiger partial charge on any atom is -0.460 e. The minimum atomic E-state index is -0.254. The number of hydrogen-bond donors (Lipinski definition) is 1. The Balaban J connectivity index is 3.75. The van der Waals surface area contributed by atoms with Crippen molar-refractivity contribution in [2.24, 2.45) is 11.7 Å². The highest BCUT2D eigenvalue weighted by molar-refractivity contribution is 5.70. The molecule has 2 N–H and O–H groups in total. The number of rotatable bonds is 6. The van der Waals surface area contributed by atoms with Crippen LogP contribution in [0.5, 0.6) is 0 Å². The molecule has 0 aromatic heterocycles. The molecule has 4 nitrogen and oxygen atoms in total. The second kappa shape index (κ2) is 6.79. The molecule has 0 aromatic carbocycles. The van der Waals surface area contributed by atoms with E-state index in [4.69, 9.17) is 15.2 Å². The van der Waals surface area contributed by atoms with Crippen LogP contribution < -0.4 is 5.73 Å². The molecule has 2 unspecified atom stereocenters. The minimum absolute atomic E-state index is 0.128. The van der Waals surface area contributed by atoms with Crippen LogP contribution >= 0.6 is 0 Å². The van der Waals surface area contributed by atoms with Gasteiger partial charge in [-0.05, 0) is 12.8 Å². The Kier molecular flexibility index (Phi) is 6.49. The van der Waals surface area contributed by atoms with E-state index in [2.05, 4.69) is 0 Å². The van der Waals surface area contributed by atoms with Gasteiger partial charge in [-0.25, -0.2) is 0 Å². The molecule has 84 valence electrons. The molecule has 0 aliphatic carbocycles. The van der Waals surface area contributed by atoms with Gasteiger partial charge in [-0.1, -0.05) is 13.8 Å². The Hall–Kier alpha value is -0.610. The molecule has 0 rings (SSSR count). The predicted molar refractivity (Wildman–Crippen MR) is 54.9 cm³/mol. The normalized spacial score (nSPS) is 15.3. The maximum atomic E-state index is 11.3. The summed E-state index contributed by atoms with van der Waals surface area (Å²) in [6.07, 6.45) is 0.0676. The molecule has 0 bridgehead atoms. The Morgan fingerprint density at radius 2 is 1.93 bits per heavy atom. The fourth-order valence-corrected chi connectivity index (χ4v) is 0.969. The lowest BCUT2D eigenvalue weighted by molar-refractivity contribution is -0.151. The smallest absolute Gasteiger partial charge is 0.307 e. The highest BCUT2D eigenvalue weighted by Gasteiger charge is 2.15. The molecular formula is C10H21NO3. The van der Waals surface area contributed by atoms with Crippen molar-refractivity contribution >= 4 is 5.97 Å². The van der Waals surface area contributed by atoms with Crippen molar-refractivity contribution in [3.05, 3.63) is 0 Å². The Bertz CT molecular complexity index is 171. The number of methoxy groups -OCH3 is 1. The van der Waals surface area contributed by atoms with Gasteiger partial charge >= 0.3 is 5.97 Å². The van der Waals surface area contributed by atoms with Gasteiger partial charge < -0.3 is 15.2 Å². The van der Waals surface area contributed by atoms with Crippen molar-refractivity contribution in [2.75, 3.05) is 13.7 Å². The number of ether oxygens (including phenoxy) is 2. The molecule has 0 heterocycles. The SMILES string of the molecule is COCC(C)OC(=O)CC(N)C(C)C. The summed E-state index contributed by atoms with van der Waals surface area (Å²) in [7, 11) is 1.57. The Morgan fingerprint density at radius 1 is 1.36 bits per heavy atom. The molecule has 0 fully saturated rings. The number of nitrogens with two attached hydrogens (primary N) is 1. The molecule has 0 spiro atoms. The quantitative estimate of drug-likeness (QED) is 0.652. The fourth-order valence-electron chi connectivity index (χ4n) is 0.969. The standard InChI is InChI=1S/C10H21NO3/c1-7(2)9(11)5-10(12)14-8(3)6-13-4/h7-9H,5-6,11H2,1-4H3. The van der Waals surface area contributed by atoms with Gasteiger partial charge in [-0.2, -0.15) is 0 Å². The first-order chi connectivity index (χ1) is 6.47. The molecule has 14 heavy (non-hydrogen) atoms. The summed E-state index contributed by atoms with van der Waals surface area (Å²) < 4.78 is 9.92. The van der Waals surface area contributed by atoms with Crippen molar-refractivity contribution in [3.63, 3.8) is 0 Å². The highest BCUT2D eigenvalue weighted by atomic mass is 16.6. The zero-order chi connectivity index (χ0) is 11.1. The van der Waals surface area contributed by atoms with Crippen LogP contribution in [0.3, 0.4) is 0 Å². The van der Waals surface area contributed by atoms with Crippen LogP contribution in [0.4, 0.5) is 0 Å². The summed E-state index contributed by atoms with van der Waals surface area (Å²) in [6.45, 7) is 6.18. The third-order valence-corrected chi connectivity index (χ3v) is 1.99. The molecule has 4 heteroatoms. The first kappa shape index (κ1) is 13.4. The summed E-state index contributed by atoms with van der Waals surface area (Å²) in [5.41, 5.74) is 5.73. The van der Waals surface area contributed by atoms with E-state index >= 15 is 0 Å². The van der Waals surface area contributed by atoms with Gasteiger partial charge in [0.2, 0.25) is 0 Å². The predicted octanol–water partition coefficient (Wildman–Crippen LogP) is 0.938. The first-order valence-corrected chi connectivity index (χ1v) is 4.91. The molecule has 0 aliphatic rings. The van der Waals surface area contributed by atoms with E-state index in [0.717, 1.165) is 0 Å². The van der Waals surface area contributed by atoms with Crippen LogP contribution in [0.1, 0.15) is 27.2 Å². The lowest BCUT2D eigenvalue weighted by Crippen LogP contribution is -2.31. The van der Waals surface area contributed by atoms with Gasteiger partial charge in [0.1, 0.15) is 6.10 Å². The maximum Gasteiger partial charge on any atom is 0.307 e. The maximum absolute atomic E-state index is 11.3. The molecule has 0 saturated carbocycles. The number of carbonyl (C=O) groups is 1. The van der Waals surface area contributed by atoms with Gasteiger partial charge in [0.05, 0.1) is 13.0 Å². The third kappa shape index (κ3) is 5.94. The molecule has 0 aromatic rings.